The fourth-order valence-corrected chi connectivity index (χ4v) is 1.98. The van der Waals surface area contributed by atoms with Crippen molar-refractivity contribution in [2.24, 2.45) is 5.16 Å². The zero-order chi connectivity index (χ0) is 14.5. The summed E-state index contributed by atoms with van der Waals surface area (Å²) in [5, 5.41) is 16.7. The van der Waals surface area contributed by atoms with Crippen molar-refractivity contribution in [2.45, 2.75) is 25.9 Å². The molecule has 0 radical (unpaired) electrons. The first kappa shape index (κ1) is 14.0. The molecule has 0 aromatic heterocycles. The number of benzene rings is 1. The molecule has 0 saturated carbocycles. The number of carboxylic acid groups (broad SMARTS) is 1. The van der Waals surface area contributed by atoms with E-state index in [9.17, 15) is 14.7 Å². The van der Waals surface area contributed by atoms with Crippen LogP contribution in [0.15, 0.2) is 29.4 Å². The lowest BCUT2D eigenvalue weighted by molar-refractivity contribution is -0.305. The highest BCUT2D eigenvalue weighted by Gasteiger charge is 2.28. The van der Waals surface area contributed by atoms with E-state index in [4.69, 9.17) is 4.84 Å². The molecule has 1 heterocycles. The average Bonchev–Trinajstić information content (AvgIpc) is 2.88. The van der Waals surface area contributed by atoms with Gasteiger partial charge in [-0.1, -0.05) is 29.4 Å². The molecule has 2 rings (SSSR count). The third-order valence-electron chi connectivity index (χ3n) is 3.05. The maximum atomic E-state index is 11.8. The van der Waals surface area contributed by atoms with Crippen LogP contribution in [-0.4, -0.2) is 30.2 Å². The lowest BCUT2D eigenvalue weighted by Gasteiger charge is -2.09. The zero-order valence-corrected chi connectivity index (χ0v) is 11.1. The van der Waals surface area contributed by atoms with E-state index >= 15 is 0 Å². The molecule has 1 N–H and O–H groups in total. The first-order chi connectivity index (χ1) is 9.58. The van der Waals surface area contributed by atoms with Crippen LogP contribution in [-0.2, 0) is 14.4 Å². The van der Waals surface area contributed by atoms with Crippen LogP contribution < -0.4 is 10.4 Å². The Labute approximate surface area is 116 Å². The van der Waals surface area contributed by atoms with Gasteiger partial charge in [-0.3, -0.25) is 4.79 Å². The second-order valence-corrected chi connectivity index (χ2v) is 4.56. The van der Waals surface area contributed by atoms with Gasteiger partial charge >= 0.3 is 0 Å². The predicted molar refractivity (Wildman–Crippen MR) is 69.8 cm³/mol. The molecule has 1 atom stereocenters. The van der Waals surface area contributed by atoms with Gasteiger partial charge in [0.15, 0.2) is 0 Å². The number of carbonyl (C=O) groups excluding carboxylic acids is 2. The molecule has 106 valence electrons. The fourth-order valence-electron chi connectivity index (χ4n) is 1.98. The Kier molecular flexibility index (Phi) is 4.34. The van der Waals surface area contributed by atoms with Crippen LogP contribution in [0.25, 0.3) is 0 Å². The van der Waals surface area contributed by atoms with E-state index in [1.807, 2.05) is 31.2 Å². The quantitative estimate of drug-likeness (QED) is 0.801. The van der Waals surface area contributed by atoms with Gasteiger partial charge in [-0.25, -0.2) is 0 Å². The fraction of sp³-hybridized carbons (Fsp3) is 0.357. The molecular formula is C14H15N2O4-. The van der Waals surface area contributed by atoms with E-state index in [-0.39, 0.29) is 18.9 Å². The number of carbonyl (C=O) groups is 2. The van der Waals surface area contributed by atoms with Crippen molar-refractivity contribution in [2.75, 3.05) is 6.54 Å². The third kappa shape index (κ3) is 3.34. The van der Waals surface area contributed by atoms with E-state index in [1.54, 1.807) is 0 Å². The summed E-state index contributed by atoms with van der Waals surface area (Å²) in [7, 11) is 0. The molecule has 1 aromatic rings. The third-order valence-corrected chi connectivity index (χ3v) is 3.05. The Morgan fingerprint density at radius 3 is 2.90 bits per heavy atom. The first-order valence-corrected chi connectivity index (χ1v) is 6.34. The van der Waals surface area contributed by atoms with Crippen LogP contribution in [0.3, 0.4) is 0 Å². The Balaban J connectivity index is 1.90. The average molecular weight is 275 g/mol. The molecule has 0 saturated heterocycles. The van der Waals surface area contributed by atoms with Gasteiger partial charge in [0, 0.05) is 30.9 Å². The van der Waals surface area contributed by atoms with Crippen molar-refractivity contribution in [1.29, 1.82) is 0 Å². The molecule has 1 aliphatic heterocycles. The number of oxime groups is 1. The van der Waals surface area contributed by atoms with Crippen LogP contribution in [0.1, 0.15) is 24.0 Å². The molecule has 6 nitrogen and oxygen atoms in total. The van der Waals surface area contributed by atoms with E-state index < -0.39 is 12.1 Å². The standard InChI is InChI=1S/C14H16N2O4/c1-9-4-2-3-5-10(9)11-8-12(20-16-11)14(19)15-7-6-13(17)18/h2-5,12H,6-8H2,1H3,(H,15,19)(H,17,18)/p-1/t12-/m0/s1. The molecule has 0 fully saturated rings. The van der Waals surface area contributed by atoms with Crippen LogP contribution in [0.5, 0.6) is 0 Å². The van der Waals surface area contributed by atoms with Gasteiger partial charge in [-0.2, -0.15) is 0 Å². The maximum absolute atomic E-state index is 11.8. The van der Waals surface area contributed by atoms with Crippen molar-refractivity contribution >= 4 is 17.6 Å². The van der Waals surface area contributed by atoms with Gasteiger partial charge in [-0.05, 0) is 12.5 Å². The van der Waals surface area contributed by atoms with Gasteiger partial charge in [0.1, 0.15) is 0 Å². The summed E-state index contributed by atoms with van der Waals surface area (Å²) in [5.74, 6) is -1.56. The SMILES string of the molecule is Cc1ccccc1C1=NO[C@H](C(=O)NCCC(=O)[O-])C1. The van der Waals surface area contributed by atoms with Crippen molar-refractivity contribution in [1.82, 2.24) is 5.32 Å². The molecule has 0 aliphatic carbocycles. The lowest BCUT2D eigenvalue weighted by Crippen LogP contribution is -2.37. The molecule has 1 amide bonds. The highest BCUT2D eigenvalue weighted by atomic mass is 16.6. The van der Waals surface area contributed by atoms with Gasteiger partial charge in [-0.15, -0.1) is 0 Å². The summed E-state index contributed by atoms with van der Waals surface area (Å²) < 4.78 is 0. The Hall–Kier alpha value is -2.37. The molecule has 20 heavy (non-hydrogen) atoms. The highest BCUT2D eigenvalue weighted by Crippen LogP contribution is 2.19. The smallest absolute Gasteiger partial charge is 0.264 e. The molecule has 0 unspecified atom stereocenters. The molecule has 0 bridgehead atoms. The van der Waals surface area contributed by atoms with Gasteiger partial charge < -0.3 is 20.1 Å². The summed E-state index contributed by atoms with van der Waals surface area (Å²) in [6, 6.07) is 7.72. The summed E-state index contributed by atoms with van der Waals surface area (Å²) in [6.45, 7) is 1.99. The lowest BCUT2D eigenvalue weighted by atomic mass is 10.0. The summed E-state index contributed by atoms with van der Waals surface area (Å²) in [5.41, 5.74) is 2.74. The van der Waals surface area contributed by atoms with E-state index in [0.717, 1.165) is 16.8 Å². The predicted octanol–water partition coefficient (Wildman–Crippen LogP) is -0.256. The number of nitrogens with one attached hydrogen (secondary N) is 1. The van der Waals surface area contributed by atoms with Gasteiger partial charge in [0.25, 0.3) is 5.91 Å². The van der Waals surface area contributed by atoms with E-state index in [1.165, 1.54) is 0 Å². The van der Waals surface area contributed by atoms with Crippen molar-refractivity contribution in [3.05, 3.63) is 35.4 Å². The van der Waals surface area contributed by atoms with Crippen LogP contribution in [0.4, 0.5) is 0 Å². The number of aryl methyl sites for hydroxylation is 1. The van der Waals surface area contributed by atoms with E-state index in [2.05, 4.69) is 10.5 Å². The number of aliphatic carboxylic acids is 1. The Morgan fingerprint density at radius 1 is 1.45 bits per heavy atom. The maximum Gasteiger partial charge on any atom is 0.264 e. The van der Waals surface area contributed by atoms with Crippen LogP contribution in [0, 0.1) is 6.92 Å². The topological polar surface area (TPSA) is 90.8 Å². The number of hydrogen-bond acceptors (Lipinski definition) is 5. The summed E-state index contributed by atoms with van der Waals surface area (Å²) in [4.78, 5) is 27.1. The van der Waals surface area contributed by atoms with Crippen molar-refractivity contribution in [3.8, 4) is 0 Å². The minimum atomic E-state index is -1.20. The second-order valence-electron chi connectivity index (χ2n) is 4.56. The first-order valence-electron chi connectivity index (χ1n) is 6.34. The summed E-state index contributed by atoms with van der Waals surface area (Å²) in [6.07, 6.45) is -0.544. The number of nitrogens with zero attached hydrogens (tertiary/aromatic N) is 1. The van der Waals surface area contributed by atoms with E-state index in [0.29, 0.717) is 6.42 Å². The number of carboxylic acids is 1. The minimum absolute atomic E-state index is 0.0285. The summed E-state index contributed by atoms with van der Waals surface area (Å²) >= 11 is 0. The number of rotatable bonds is 5. The van der Waals surface area contributed by atoms with Crippen LogP contribution in [0.2, 0.25) is 0 Å². The number of amides is 1. The largest absolute Gasteiger partial charge is 0.550 e. The molecule has 1 aliphatic rings. The highest BCUT2D eigenvalue weighted by molar-refractivity contribution is 6.05. The molecular weight excluding hydrogens is 260 g/mol. The molecule has 6 heteroatoms. The minimum Gasteiger partial charge on any atom is -0.550 e. The molecule has 0 spiro atoms. The van der Waals surface area contributed by atoms with Crippen molar-refractivity contribution < 1.29 is 19.5 Å². The second kappa shape index (κ2) is 6.18. The molecule has 1 aromatic carbocycles. The van der Waals surface area contributed by atoms with Gasteiger partial charge in [0.05, 0.1) is 5.71 Å². The van der Waals surface area contributed by atoms with Crippen molar-refractivity contribution in [3.63, 3.8) is 0 Å². The number of hydrogen-bond donors (Lipinski definition) is 1. The Bertz CT molecular complexity index is 554. The monoisotopic (exact) mass is 275 g/mol. The Morgan fingerprint density at radius 2 is 2.20 bits per heavy atom. The zero-order valence-electron chi connectivity index (χ0n) is 11.1. The normalized spacial score (nSPS) is 17.2. The van der Waals surface area contributed by atoms with Crippen LogP contribution >= 0.6 is 0 Å². The van der Waals surface area contributed by atoms with Gasteiger partial charge in [0.2, 0.25) is 6.10 Å².